The molecule has 1 aliphatic heterocycles. The number of aromatic nitrogens is 4. The summed E-state index contributed by atoms with van der Waals surface area (Å²) >= 11 is 0. The first-order chi connectivity index (χ1) is 13.7. The normalized spacial score (nSPS) is 13.2. The minimum absolute atomic E-state index is 0.632. The first-order valence-electron chi connectivity index (χ1n) is 9.86. The zero-order valence-corrected chi connectivity index (χ0v) is 16.0. The molecule has 5 heteroatoms. The van der Waals surface area contributed by atoms with Gasteiger partial charge in [0.05, 0.1) is 11.2 Å². The molecule has 3 aromatic heterocycles. The van der Waals surface area contributed by atoms with Gasteiger partial charge < -0.3 is 5.73 Å². The Kier molecular flexibility index (Phi) is 4.17. The highest BCUT2D eigenvalue weighted by molar-refractivity contribution is 5.89. The van der Waals surface area contributed by atoms with E-state index in [2.05, 4.69) is 46.1 Å². The molecule has 0 radical (unpaired) electrons. The Morgan fingerprint density at radius 2 is 2.07 bits per heavy atom. The van der Waals surface area contributed by atoms with Gasteiger partial charge >= 0.3 is 0 Å². The van der Waals surface area contributed by atoms with Crippen molar-refractivity contribution in [2.24, 2.45) is 5.73 Å². The molecule has 1 aromatic carbocycles. The van der Waals surface area contributed by atoms with Crippen LogP contribution in [0.2, 0.25) is 0 Å². The van der Waals surface area contributed by atoms with Gasteiger partial charge in [-0.25, -0.2) is 0 Å². The third-order valence-corrected chi connectivity index (χ3v) is 5.43. The molecule has 4 aromatic rings. The zero-order valence-electron chi connectivity index (χ0n) is 16.0. The van der Waals surface area contributed by atoms with Gasteiger partial charge in [0.25, 0.3) is 0 Å². The lowest BCUT2D eigenvalue weighted by molar-refractivity contribution is 0.658. The van der Waals surface area contributed by atoms with Crippen molar-refractivity contribution in [3.8, 4) is 22.5 Å². The molecular weight excluding hydrogens is 346 g/mol. The molecule has 0 saturated heterocycles. The number of nitrogens with two attached hydrogens (primary N) is 1. The number of nitrogens with zero attached hydrogens (tertiary/aromatic N) is 4. The van der Waals surface area contributed by atoms with Gasteiger partial charge in [0.2, 0.25) is 0 Å². The van der Waals surface area contributed by atoms with E-state index >= 15 is 0 Å². The highest BCUT2D eigenvalue weighted by Gasteiger charge is 2.24. The molecule has 4 heterocycles. The van der Waals surface area contributed by atoms with Crippen molar-refractivity contribution in [2.75, 3.05) is 6.54 Å². The minimum Gasteiger partial charge on any atom is -0.330 e. The van der Waals surface area contributed by atoms with Crippen LogP contribution < -0.4 is 5.73 Å². The maximum absolute atomic E-state index is 5.72. The maximum Gasteiger partial charge on any atom is 0.119 e. The van der Waals surface area contributed by atoms with Crippen molar-refractivity contribution < 1.29 is 0 Å². The molecule has 0 atom stereocenters. The Morgan fingerprint density at radius 1 is 1.14 bits per heavy atom. The van der Waals surface area contributed by atoms with E-state index < -0.39 is 0 Å². The van der Waals surface area contributed by atoms with Crippen molar-refractivity contribution >= 4 is 10.9 Å². The summed E-state index contributed by atoms with van der Waals surface area (Å²) in [6.07, 6.45) is 4.97. The molecule has 5 nitrogen and oxygen atoms in total. The van der Waals surface area contributed by atoms with E-state index in [0.717, 1.165) is 53.8 Å². The number of pyridine rings is 2. The van der Waals surface area contributed by atoms with Crippen molar-refractivity contribution in [3.05, 3.63) is 65.6 Å². The van der Waals surface area contributed by atoms with E-state index in [1.54, 1.807) is 0 Å². The van der Waals surface area contributed by atoms with Gasteiger partial charge in [-0.05, 0) is 74.2 Å². The Bertz CT molecular complexity index is 1180. The maximum atomic E-state index is 5.72. The quantitative estimate of drug-likeness (QED) is 0.592. The van der Waals surface area contributed by atoms with E-state index in [4.69, 9.17) is 15.8 Å². The third kappa shape index (κ3) is 2.88. The van der Waals surface area contributed by atoms with Crippen LogP contribution in [0.15, 0.2) is 48.7 Å². The zero-order chi connectivity index (χ0) is 19.1. The second-order valence-corrected chi connectivity index (χ2v) is 7.45. The predicted octanol–water partition coefficient (Wildman–Crippen LogP) is 3.92. The Balaban J connectivity index is 1.70. The van der Waals surface area contributed by atoms with Crippen LogP contribution in [0.4, 0.5) is 0 Å². The number of aryl methyl sites for hydroxylation is 2. The lowest BCUT2D eigenvalue weighted by Gasteiger charge is -2.08. The van der Waals surface area contributed by atoms with E-state index in [-0.39, 0.29) is 0 Å². The molecule has 0 aliphatic carbocycles. The van der Waals surface area contributed by atoms with E-state index in [1.165, 1.54) is 22.4 Å². The first kappa shape index (κ1) is 17.1. The fourth-order valence-corrected chi connectivity index (χ4v) is 4.13. The van der Waals surface area contributed by atoms with Gasteiger partial charge in [-0.3, -0.25) is 14.6 Å². The van der Waals surface area contributed by atoms with Crippen molar-refractivity contribution in [3.63, 3.8) is 0 Å². The topological polar surface area (TPSA) is 69.6 Å². The number of benzene rings is 1. The monoisotopic (exact) mass is 369 g/mol. The summed E-state index contributed by atoms with van der Waals surface area (Å²) in [5.41, 5.74) is 14.5. The van der Waals surface area contributed by atoms with Crippen LogP contribution in [0, 0.1) is 6.92 Å². The van der Waals surface area contributed by atoms with Crippen LogP contribution in [0.5, 0.6) is 0 Å². The molecule has 0 unspecified atom stereocenters. The summed E-state index contributed by atoms with van der Waals surface area (Å²) in [6, 6.07) is 14.8. The molecule has 140 valence electrons. The van der Waals surface area contributed by atoms with E-state index in [1.807, 2.05) is 19.2 Å². The van der Waals surface area contributed by atoms with Crippen molar-refractivity contribution in [1.29, 1.82) is 0 Å². The van der Waals surface area contributed by atoms with Crippen LogP contribution in [0.25, 0.3) is 33.4 Å². The smallest absolute Gasteiger partial charge is 0.119 e. The van der Waals surface area contributed by atoms with Gasteiger partial charge in [-0.1, -0.05) is 12.1 Å². The van der Waals surface area contributed by atoms with Gasteiger partial charge in [-0.15, -0.1) is 0 Å². The van der Waals surface area contributed by atoms with Crippen LogP contribution in [0.1, 0.15) is 23.4 Å². The lowest BCUT2D eigenvalue weighted by atomic mass is 9.97. The number of hydrogen-bond donors (Lipinski definition) is 1. The first-order valence-corrected chi connectivity index (χ1v) is 9.86. The Hall–Kier alpha value is -3.05. The van der Waals surface area contributed by atoms with E-state index in [0.29, 0.717) is 6.54 Å². The van der Waals surface area contributed by atoms with Gasteiger partial charge in [-0.2, -0.15) is 5.10 Å². The fraction of sp³-hybridized carbons (Fsp3) is 0.261. The second kappa shape index (κ2) is 6.84. The van der Waals surface area contributed by atoms with Crippen LogP contribution >= 0.6 is 0 Å². The average molecular weight is 369 g/mol. The van der Waals surface area contributed by atoms with E-state index in [9.17, 15) is 0 Å². The molecule has 0 spiro atoms. The number of fused-ring (bicyclic) bond motifs is 2. The molecule has 0 amide bonds. The lowest BCUT2D eigenvalue weighted by Crippen LogP contribution is -2.02. The fourth-order valence-electron chi connectivity index (χ4n) is 4.13. The summed E-state index contributed by atoms with van der Waals surface area (Å²) in [7, 11) is 0. The molecule has 28 heavy (non-hydrogen) atoms. The Morgan fingerprint density at radius 3 is 2.93 bits per heavy atom. The van der Waals surface area contributed by atoms with Crippen LogP contribution in [-0.2, 0) is 19.4 Å². The molecule has 0 fully saturated rings. The molecular formula is C23H23N5. The van der Waals surface area contributed by atoms with Crippen molar-refractivity contribution in [2.45, 2.75) is 32.7 Å². The highest BCUT2D eigenvalue weighted by atomic mass is 15.3. The van der Waals surface area contributed by atoms with Gasteiger partial charge in [0, 0.05) is 35.1 Å². The summed E-state index contributed by atoms with van der Waals surface area (Å²) in [5.74, 6) is 0. The average Bonchev–Trinajstić information content (AvgIpc) is 3.29. The largest absolute Gasteiger partial charge is 0.330 e. The molecule has 1 aliphatic rings. The molecule has 0 saturated carbocycles. The summed E-state index contributed by atoms with van der Waals surface area (Å²) in [4.78, 5) is 9.34. The number of hydrogen-bond acceptors (Lipinski definition) is 4. The van der Waals surface area contributed by atoms with Gasteiger partial charge in [0.15, 0.2) is 0 Å². The standard InChI is InChI=1S/C23H23N5/c1-15-4-2-5-20(26-15)23-22(21-6-3-11-28(21)27-23)17-7-8-19-18(13-17)12-16(9-10-24)14-25-19/h2,4-5,7-8,12-14H,3,6,9-11,24H2,1H3. The number of rotatable bonds is 4. The van der Waals surface area contributed by atoms with Crippen molar-refractivity contribution in [1.82, 2.24) is 19.7 Å². The SMILES string of the molecule is Cc1cccc(-c2nn3c(c2-c2ccc4ncc(CCN)cc4c2)CCC3)n1. The molecule has 5 rings (SSSR count). The second-order valence-electron chi connectivity index (χ2n) is 7.45. The molecule has 0 bridgehead atoms. The highest BCUT2D eigenvalue weighted by Crippen LogP contribution is 2.37. The van der Waals surface area contributed by atoms with Gasteiger partial charge in [0.1, 0.15) is 5.69 Å². The summed E-state index contributed by atoms with van der Waals surface area (Å²) < 4.78 is 2.15. The Labute approximate surface area is 164 Å². The summed E-state index contributed by atoms with van der Waals surface area (Å²) in [6.45, 7) is 3.63. The summed E-state index contributed by atoms with van der Waals surface area (Å²) in [5, 5.41) is 6.07. The van der Waals surface area contributed by atoms with Crippen LogP contribution in [-0.4, -0.2) is 26.3 Å². The van der Waals surface area contributed by atoms with Crippen LogP contribution in [0.3, 0.4) is 0 Å². The predicted molar refractivity (Wildman–Crippen MR) is 112 cm³/mol. The third-order valence-electron chi connectivity index (χ3n) is 5.43. The molecule has 2 N–H and O–H groups in total. The minimum atomic E-state index is 0.632.